The van der Waals surface area contributed by atoms with Crippen LogP contribution in [0.2, 0.25) is 0 Å². The van der Waals surface area contributed by atoms with Gasteiger partial charge in [0, 0.05) is 11.4 Å². The Kier molecular flexibility index (Phi) is 4.28. The number of aliphatic hydroxyl groups is 1. The van der Waals surface area contributed by atoms with Crippen molar-refractivity contribution in [3.63, 3.8) is 0 Å². The van der Waals surface area contributed by atoms with Crippen molar-refractivity contribution in [1.82, 2.24) is 5.32 Å². The molecule has 2 N–H and O–H groups in total. The summed E-state index contributed by atoms with van der Waals surface area (Å²) in [7, 11) is 0. The highest BCUT2D eigenvalue weighted by atomic mass is 32.1. The third-order valence-corrected chi connectivity index (χ3v) is 4.30. The van der Waals surface area contributed by atoms with Crippen LogP contribution in [0, 0.1) is 17.3 Å². The van der Waals surface area contributed by atoms with Crippen molar-refractivity contribution in [2.75, 3.05) is 6.61 Å². The van der Waals surface area contributed by atoms with E-state index >= 15 is 0 Å². The minimum atomic E-state index is -0.156. The van der Waals surface area contributed by atoms with Crippen LogP contribution in [0.5, 0.6) is 0 Å². The molecule has 1 saturated carbocycles. The molecule has 1 heterocycles. The number of nitrogens with one attached hydrogen (secondary N) is 1. The number of aliphatic hydroxyl groups excluding tert-OH is 1. The van der Waals surface area contributed by atoms with Gasteiger partial charge in [0.05, 0.1) is 10.4 Å². The number of carbonyl (C=O) groups is 1. The molecule has 1 aromatic rings. The molecule has 0 aliphatic heterocycles. The van der Waals surface area contributed by atoms with Gasteiger partial charge in [-0.15, -0.1) is 11.3 Å². The Bertz CT molecular complexity index is 522. The second-order valence-electron chi connectivity index (χ2n) is 5.74. The maximum Gasteiger partial charge on any atom is 0.252 e. The van der Waals surface area contributed by atoms with Gasteiger partial charge in [0.25, 0.3) is 5.91 Å². The minimum absolute atomic E-state index is 0.0176. The lowest BCUT2D eigenvalue weighted by Gasteiger charge is -2.17. The Morgan fingerprint density at radius 2 is 2.42 bits per heavy atom. The molecule has 4 heteroatoms. The van der Waals surface area contributed by atoms with E-state index in [0.29, 0.717) is 11.0 Å². The maximum atomic E-state index is 12.1. The molecule has 1 atom stereocenters. The van der Waals surface area contributed by atoms with Crippen LogP contribution in [0.15, 0.2) is 11.4 Å². The van der Waals surface area contributed by atoms with Gasteiger partial charge in [-0.05, 0) is 30.7 Å². The van der Waals surface area contributed by atoms with E-state index in [4.69, 9.17) is 5.11 Å². The normalized spacial score (nSPS) is 20.7. The summed E-state index contributed by atoms with van der Waals surface area (Å²) >= 11 is 1.43. The van der Waals surface area contributed by atoms with Gasteiger partial charge in [-0.2, -0.15) is 0 Å². The smallest absolute Gasteiger partial charge is 0.252 e. The van der Waals surface area contributed by atoms with Gasteiger partial charge in [0.1, 0.15) is 6.61 Å². The third-order valence-electron chi connectivity index (χ3n) is 3.46. The van der Waals surface area contributed by atoms with E-state index < -0.39 is 0 Å². The molecule has 1 aliphatic rings. The standard InChI is InChI=1S/C15H19NO2S/c1-15(2)6-5-12(9-15)16-14(18)11-8-13(19-10-11)4-3-7-17/h8,10,12,17H,5-7,9H2,1-2H3,(H,16,18). The summed E-state index contributed by atoms with van der Waals surface area (Å²) in [5.74, 6) is 5.38. The second-order valence-corrected chi connectivity index (χ2v) is 6.65. The van der Waals surface area contributed by atoms with Crippen LogP contribution in [0.4, 0.5) is 0 Å². The van der Waals surface area contributed by atoms with E-state index in [-0.39, 0.29) is 18.6 Å². The molecular formula is C15H19NO2S. The molecule has 2 rings (SSSR count). The van der Waals surface area contributed by atoms with Crippen molar-refractivity contribution in [3.05, 3.63) is 21.9 Å². The van der Waals surface area contributed by atoms with E-state index in [1.54, 1.807) is 6.07 Å². The number of rotatable bonds is 2. The van der Waals surface area contributed by atoms with Crippen LogP contribution in [0.25, 0.3) is 0 Å². The van der Waals surface area contributed by atoms with Gasteiger partial charge in [-0.3, -0.25) is 4.79 Å². The molecule has 0 bridgehead atoms. The zero-order valence-electron chi connectivity index (χ0n) is 11.3. The summed E-state index contributed by atoms with van der Waals surface area (Å²) in [6.07, 6.45) is 3.26. The molecule has 102 valence electrons. The minimum Gasteiger partial charge on any atom is -0.384 e. The van der Waals surface area contributed by atoms with E-state index in [9.17, 15) is 4.79 Å². The molecule has 0 radical (unpaired) electrons. The van der Waals surface area contributed by atoms with E-state index in [0.717, 1.165) is 24.1 Å². The van der Waals surface area contributed by atoms with E-state index in [2.05, 4.69) is 31.0 Å². The van der Waals surface area contributed by atoms with E-state index in [1.807, 2.05) is 5.38 Å². The summed E-state index contributed by atoms with van der Waals surface area (Å²) in [6.45, 7) is 4.33. The molecule has 0 spiro atoms. The highest BCUT2D eigenvalue weighted by Gasteiger charge is 2.31. The zero-order valence-corrected chi connectivity index (χ0v) is 12.1. The summed E-state index contributed by atoms with van der Waals surface area (Å²) < 4.78 is 0. The van der Waals surface area contributed by atoms with Crippen molar-refractivity contribution in [3.8, 4) is 11.8 Å². The summed E-state index contributed by atoms with van der Waals surface area (Å²) in [4.78, 5) is 12.9. The summed E-state index contributed by atoms with van der Waals surface area (Å²) in [5, 5.41) is 13.5. The fourth-order valence-corrected chi connectivity index (χ4v) is 3.23. The van der Waals surface area contributed by atoms with Gasteiger partial charge >= 0.3 is 0 Å². The third kappa shape index (κ3) is 3.82. The van der Waals surface area contributed by atoms with Crippen LogP contribution >= 0.6 is 11.3 Å². The Balaban J connectivity index is 1.95. The van der Waals surface area contributed by atoms with Crippen LogP contribution in [-0.4, -0.2) is 23.7 Å². The molecular weight excluding hydrogens is 258 g/mol. The molecule has 1 unspecified atom stereocenters. The number of hydrogen-bond donors (Lipinski definition) is 2. The quantitative estimate of drug-likeness (QED) is 0.816. The van der Waals surface area contributed by atoms with Gasteiger partial charge < -0.3 is 10.4 Å². The number of carbonyl (C=O) groups excluding carboxylic acids is 1. The van der Waals surface area contributed by atoms with E-state index in [1.165, 1.54) is 11.3 Å². The highest BCUT2D eigenvalue weighted by Crippen LogP contribution is 2.37. The fraction of sp³-hybridized carbons (Fsp3) is 0.533. The summed E-state index contributed by atoms with van der Waals surface area (Å²) in [5.41, 5.74) is 1.00. The lowest BCUT2D eigenvalue weighted by molar-refractivity contribution is 0.0936. The van der Waals surface area contributed by atoms with Crippen molar-refractivity contribution < 1.29 is 9.90 Å². The van der Waals surface area contributed by atoms with Crippen LogP contribution in [-0.2, 0) is 0 Å². The molecule has 0 aromatic carbocycles. The Morgan fingerprint density at radius 1 is 1.63 bits per heavy atom. The second kappa shape index (κ2) is 5.77. The largest absolute Gasteiger partial charge is 0.384 e. The number of amides is 1. The molecule has 0 saturated heterocycles. The Morgan fingerprint density at radius 3 is 3.05 bits per heavy atom. The predicted octanol–water partition coefficient (Wildman–Crippen LogP) is 2.40. The maximum absolute atomic E-state index is 12.1. The van der Waals surface area contributed by atoms with Gasteiger partial charge in [0.15, 0.2) is 0 Å². The monoisotopic (exact) mass is 277 g/mol. The topological polar surface area (TPSA) is 49.3 Å². The van der Waals surface area contributed by atoms with Crippen molar-refractivity contribution in [1.29, 1.82) is 0 Å². The van der Waals surface area contributed by atoms with Crippen LogP contribution in [0.3, 0.4) is 0 Å². The van der Waals surface area contributed by atoms with Crippen LogP contribution < -0.4 is 5.32 Å². The fourth-order valence-electron chi connectivity index (χ4n) is 2.48. The Hall–Kier alpha value is -1.31. The summed E-state index contributed by atoms with van der Waals surface area (Å²) in [6, 6.07) is 2.07. The predicted molar refractivity (Wildman–Crippen MR) is 77.2 cm³/mol. The number of thiophene rings is 1. The van der Waals surface area contributed by atoms with Gasteiger partial charge in [-0.1, -0.05) is 25.7 Å². The first-order valence-corrected chi connectivity index (χ1v) is 7.37. The molecule has 3 nitrogen and oxygen atoms in total. The first kappa shape index (κ1) is 14.1. The first-order chi connectivity index (χ1) is 9.00. The van der Waals surface area contributed by atoms with Crippen LogP contribution in [0.1, 0.15) is 48.3 Å². The lowest BCUT2D eigenvalue weighted by atomic mass is 9.92. The average Bonchev–Trinajstić information content (AvgIpc) is 2.93. The highest BCUT2D eigenvalue weighted by molar-refractivity contribution is 7.10. The molecule has 1 fully saturated rings. The average molecular weight is 277 g/mol. The molecule has 1 aliphatic carbocycles. The number of hydrogen-bond acceptors (Lipinski definition) is 3. The lowest BCUT2D eigenvalue weighted by Crippen LogP contribution is -2.33. The van der Waals surface area contributed by atoms with Crippen molar-refractivity contribution >= 4 is 17.2 Å². The SMILES string of the molecule is CC1(C)CCC(NC(=O)c2csc(C#CCO)c2)C1. The first-order valence-electron chi connectivity index (χ1n) is 6.49. The van der Waals surface area contributed by atoms with Crippen molar-refractivity contribution in [2.24, 2.45) is 5.41 Å². The zero-order chi connectivity index (χ0) is 13.9. The molecule has 19 heavy (non-hydrogen) atoms. The molecule has 1 aromatic heterocycles. The van der Waals surface area contributed by atoms with Crippen molar-refractivity contribution in [2.45, 2.75) is 39.2 Å². The van der Waals surface area contributed by atoms with Gasteiger partial charge in [0.2, 0.25) is 0 Å². The Labute approximate surface area is 118 Å². The molecule has 1 amide bonds. The van der Waals surface area contributed by atoms with Gasteiger partial charge in [-0.25, -0.2) is 0 Å².